The second kappa shape index (κ2) is 4.97. The van der Waals surface area contributed by atoms with Crippen LogP contribution in [0.15, 0.2) is 30.5 Å². The van der Waals surface area contributed by atoms with E-state index in [1.807, 2.05) is 0 Å². The van der Waals surface area contributed by atoms with Crippen LogP contribution in [-0.4, -0.2) is 22.8 Å². The molecule has 1 N–H and O–H groups in total. The zero-order chi connectivity index (χ0) is 13.1. The average Bonchev–Trinajstić information content (AvgIpc) is 2.72. The van der Waals surface area contributed by atoms with Crippen molar-refractivity contribution in [3.05, 3.63) is 47.5 Å². The van der Waals surface area contributed by atoms with Gasteiger partial charge in [-0.15, -0.1) is 0 Å². The van der Waals surface area contributed by atoms with Gasteiger partial charge in [0.1, 0.15) is 11.5 Å². The predicted molar refractivity (Wildman–Crippen MR) is 62.7 cm³/mol. The van der Waals surface area contributed by atoms with Gasteiger partial charge >= 0.3 is 0 Å². The van der Waals surface area contributed by atoms with E-state index in [9.17, 15) is 9.18 Å². The third kappa shape index (κ3) is 2.10. The smallest absolute Gasteiger partial charge is 0.277 e. The zero-order valence-electron chi connectivity index (χ0n) is 9.98. The van der Waals surface area contributed by atoms with Crippen LogP contribution in [0.4, 0.5) is 4.39 Å². The molecule has 94 valence electrons. The topological polar surface area (TPSA) is 56.1 Å². The summed E-state index contributed by atoms with van der Waals surface area (Å²) in [6, 6.07) is 6.23. The molecule has 0 bridgehead atoms. The summed E-state index contributed by atoms with van der Waals surface area (Å²) in [4.78, 5) is 16.2. The quantitative estimate of drug-likeness (QED) is 0.841. The highest BCUT2D eigenvalue weighted by Crippen LogP contribution is 2.16. The molecule has 2 aromatic rings. The Hall–Kier alpha value is -2.21. The van der Waals surface area contributed by atoms with E-state index in [1.54, 1.807) is 25.1 Å². The number of carbonyl (C=O) groups excluding carboxylic acids is 1. The average molecular weight is 249 g/mol. The van der Waals surface area contributed by atoms with Gasteiger partial charge in [0, 0.05) is 0 Å². The van der Waals surface area contributed by atoms with Gasteiger partial charge in [0.25, 0.3) is 5.91 Å². The molecule has 0 saturated carbocycles. The fourth-order valence-corrected chi connectivity index (χ4v) is 1.65. The molecule has 0 unspecified atom stereocenters. The maximum Gasteiger partial charge on any atom is 0.278 e. The molecular formula is C12H12FN3O2. The third-order valence-corrected chi connectivity index (χ3v) is 2.53. The summed E-state index contributed by atoms with van der Waals surface area (Å²) in [5, 5.41) is 4.01. The summed E-state index contributed by atoms with van der Waals surface area (Å²) in [6.45, 7) is 1.68. The van der Waals surface area contributed by atoms with Gasteiger partial charge in [-0.25, -0.2) is 14.6 Å². The Morgan fingerprint density at radius 1 is 1.44 bits per heavy atom. The highest BCUT2D eigenvalue weighted by molar-refractivity contribution is 5.94. The van der Waals surface area contributed by atoms with Gasteiger partial charge in [-0.3, -0.25) is 9.63 Å². The first-order valence-corrected chi connectivity index (χ1v) is 5.28. The van der Waals surface area contributed by atoms with Crippen molar-refractivity contribution in [3.8, 4) is 5.69 Å². The van der Waals surface area contributed by atoms with Crippen molar-refractivity contribution in [1.29, 1.82) is 0 Å². The van der Waals surface area contributed by atoms with Crippen LogP contribution in [0.25, 0.3) is 5.69 Å². The Bertz CT molecular complexity index is 580. The molecule has 0 aliphatic heterocycles. The molecule has 0 aliphatic carbocycles. The second-order valence-corrected chi connectivity index (χ2v) is 3.64. The van der Waals surface area contributed by atoms with E-state index in [0.29, 0.717) is 16.9 Å². The maximum atomic E-state index is 13.6. The minimum absolute atomic E-state index is 0.298. The normalized spacial score (nSPS) is 10.4. The van der Waals surface area contributed by atoms with Crippen LogP contribution < -0.4 is 5.48 Å². The predicted octanol–water partition coefficient (Wildman–Crippen LogP) is 1.61. The van der Waals surface area contributed by atoms with Crippen LogP contribution in [0.5, 0.6) is 0 Å². The lowest BCUT2D eigenvalue weighted by molar-refractivity contribution is 0.0537. The van der Waals surface area contributed by atoms with E-state index in [2.05, 4.69) is 15.4 Å². The molecule has 2 rings (SSSR count). The molecular weight excluding hydrogens is 237 g/mol. The number of benzene rings is 1. The number of carbonyl (C=O) groups is 1. The van der Waals surface area contributed by atoms with Crippen molar-refractivity contribution in [1.82, 2.24) is 15.3 Å². The Balaban J connectivity index is 2.43. The minimum atomic E-state index is -0.419. The molecule has 0 aliphatic rings. The Morgan fingerprint density at radius 2 is 2.17 bits per heavy atom. The van der Waals surface area contributed by atoms with Crippen molar-refractivity contribution in [3.63, 3.8) is 0 Å². The van der Waals surface area contributed by atoms with Crippen molar-refractivity contribution in [2.45, 2.75) is 6.92 Å². The number of aromatic nitrogens is 2. The second-order valence-electron chi connectivity index (χ2n) is 3.64. The number of nitrogens with one attached hydrogen (secondary N) is 1. The van der Waals surface area contributed by atoms with Gasteiger partial charge in [0.15, 0.2) is 0 Å². The van der Waals surface area contributed by atoms with Crippen LogP contribution in [0.3, 0.4) is 0 Å². The molecule has 1 aromatic carbocycles. The molecule has 1 heterocycles. The highest BCUT2D eigenvalue weighted by atomic mass is 19.1. The largest absolute Gasteiger partial charge is 0.278 e. The van der Waals surface area contributed by atoms with Gasteiger partial charge in [0.05, 0.1) is 24.6 Å². The van der Waals surface area contributed by atoms with E-state index in [0.717, 1.165) is 0 Å². The summed E-state index contributed by atoms with van der Waals surface area (Å²) in [5.74, 6) is -0.819. The Kier molecular flexibility index (Phi) is 3.38. The van der Waals surface area contributed by atoms with Crippen LogP contribution >= 0.6 is 0 Å². The minimum Gasteiger partial charge on any atom is -0.277 e. The summed E-state index contributed by atoms with van der Waals surface area (Å²) in [7, 11) is 1.34. The lowest BCUT2D eigenvalue weighted by atomic mass is 10.2. The molecule has 0 fully saturated rings. The van der Waals surface area contributed by atoms with Gasteiger partial charge < -0.3 is 0 Å². The number of para-hydroxylation sites is 1. The lowest BCUT2D eigenvalue weighted by Crippen LogP contribution is -2.22. The van der Waals surface area contributed by atoms with Crippen molar-refractivity contribution in [2.75, 3.05) is 7.11 Å². The first-order chi connectivity index (χ1) is 8.65. The number of hydroxylamine groups is 1. The van der Waals surface area contributed by atoms with E-state index in [1.165, 1.54) is 24.1 Å². The number of hydrogen-bond acceptors (Lipinski definition) is 3. The van der Waals surface area contributed by atoms with Crippen LogP contribution in [0.1, 0.15) is 16.1 Å². The fourth-order valence-electron chi connectivity index (χ4n) is 1.65. The van der Waals surface area contributed by atoms with E-state index in [4.69, 9.17) is 0 Å². The van der Waals surface area contributed by atoms with Crippen LogP contribution in [-0.2, 0) is 4.84 Å². The number of amides is 1. The monoisotopic (exact) mass is 249 g/mol. The van der Waals surface area contributed by atoms with Crippen molar-refractivity contribution in [2.24, 2.45) is 0 Å². The lowest BCUT2D eigenvalue weighted by Gasteiger charge is -2.06. The van der Waals surface area contributed by atoms with E-state index >= 15 is 0 Å². The molecule has 0 atom stereocenters. The summed E-state index contributed by atoms with van der Waals surface area (Å²) >= 11 is 0. The highest BCUT2D eigenvalue weighted by Gasteiger charge is 2.16. The maximum absolute atomic E-state index is 13.6. The van der Waals surface area contributed by atoms with Gasteiger partial charge in [-0.1, -0.05) is 12.1 Å². The Morgan fingerprint density at radius 3 is 2.83 bits per heavy atom. The Labute approximate surface area is 103 Å². The van der Waals surface area contributed by atoms with Crippen molar-refractivity contribution >= 4 is 5.91 Å². The fraction of sp³-hybridized carbons (Fsp3) is 0.167. The summed E-state index contributed by atoms with van der Waals surface area (Å²) < 4.78 is 15.0. The number of rotatable bonds is 3. The van der Waals surface area contributed by atoms with E-state index in [-0.39, 0.29) is 0 Å². The van der Waals surface area contributed by atoms with Gasteiger partial charge in [-0.05, 0) is 19.1 Å². The van der Waals surface area contributed by atoms with Crippen molar-refractivity contribution < 1.29 is 14.0 Å². The summed E-state index contributed by atoms with van der Waals surface area (Å²) in [6.07, 6.45) is 1.37. The molecule has 5 nitrogen and oxygen atoms in total. The zero-order valence-corrected chi connectivity index (χ0v) is 9.98. The summed E-state index contributed by atoms with van der Waals surface area (Å²) in [5.41, 5.74) is 3.36. The molecule has 1 amide bonds. The van der Waals surface area contributed by atoms with Gasteiger partial charge in [-0.2, -0.15) is 5.10 Å². The first kappa shape index (κ1) is 12.3. The molecule has 18 heavy (non-hydrogen) atoms. The third-order valence-electron chi connectivity index (χ3n) is 2.53. The number of hydrogen-bond donors (Lipinski definition) is 1. The standard InChI is InChI=1S/C12H12FN3O2/c1-8-9(12(17)15-18-2)7-14-16(8)11-6-4-3-5-10(11)13/h3-7H,1-2H3,(H,15,17). The van der Waals surface area contributed by atoms with E-state index < -0.39 is 11.7 Å². The first-order valence-electron chi connectivity index (χ1n) is 5.28. The molecule has 1 aromatic heterocycles. The number of nitrogens with zero attached hydrogens (tertiary/aromatic N) is 2. The SMILES string of the molecule is CONC(=O)c1cnn(-c2ccccc2F)c1C. The van der Waals surface area contributed by atoms with Crippen LogP contribution in [0.2, 0.25) is 0 Å². The number of halogens is 1. The van der Waals surface area contributed by atoms with Gasteiger partial charge in [0.2, 0.25) is 0 Å². The molecule has 0 spiro atoms. The molecule has 0 radical (unpaired) electrons. The van der Waals surface area contributed by atoms with Crippen LogP contribution in [0, 0.1) is 12.7 Å². The molecule has 6 heteroatoms. The molecule has 0 saturated heterocycles.